The minimum absolute atomic E-state index is 0.0266. The van der Waals surface area contributed by atoms with E-state index in [0.29, 0.717) is 16.8 Å². The number of aromatic nitrogens is 1. The number of amides is 1. The molecule has 2 heterocycles. The molecule has 2 N–H and O–H groups in total. The molecular formula is C14H21N3O. The average molecular weight is 247 g/mol. The first-order valence-corrected chi connectivity index (χ1v) is 6.61. The Hall–Kier alpha value is -1.58. The molecule has 1 saturated heterocycles. The number of carbonyl (C=O) groups is 1. The molecule has 0 unspecified atom stereocenters. The van der Waals surface area contributed by atoms with E-state index in [2.05, 4.69) is 18.8 Å². The molecule has 0 aliphatic carbocycles. The van der Waals surface area contributed by atoms with Crippen molar-refractivity contribution in [1.29, 1.82) is 0 Å². The van der Waals surface area contributed by atoms with Crippen molar-refractivity contribution in [2.45, 2.75) is 33.1 Å². The van der Waals surface area contributed by atoms with Gasteiger partial charge in [-0.1, -0.05) is 13.8 Å². The van der Waals surface area contributed by atoms with Crippen molar-refractivity contribution >= 4 is 11.6 Å². The summed E-state index contributed by atoms with van der Waals surface area (Å²) in [7, 11) is 0. The lowest BCUT2D eigenvalue weighted by atomic mass is 9.82. The largest absolute Gasteiger partial charge is 0.397 e. The number of likely N-dealkylation sites (tertiary alicyclic amines) is 1. The number of anilines is 1. The fourth-order valence-electron chi connectivity index (χ4n) is 2.63. The molecule has 98 valence electrons. The maximum absolute atomic E-state index is 12.3. The molecule has 0 atom stereocenters. The Morgan fingerprint density at radius 2 is 2.17 bits per heavy atom. The highest BCUT2D eigenvalue weighted by Gasteiger charge is 2.37. The molecule has 1 aliphatic heterocycles. The molecular weight excluding hydrogens is 226 g/mol. The van der Waals surface area contributed by atoms with Gasteiger partial charge in [-0.25, -0.2) is 4.98 Å². The van der Waals surface area contributed by atoms with Crippen molar-refractivity contribution in [3.8, 4) is 0 Å². The molecule has 1 aliphatic rings. The van der Waals surface area contributed by atoms with E-state index >= 15 is 0 Å². The van der Waals surface area contributed by atoms with Crippen LogP contribution in [-0.4, -0.2) is 28.9 Å². The van der Waals surface area contributed by atoms with Gasteiger partial charge in [-0.05, 0) is 36.8 Å². The fraction of sp³-hybridized carbons (Fsp3) is 0.571. The number of rotatable bonds is 3. The Morgan fingerprint density at radius 1 is 1.44 bits per heavy atom. The number of hydrogen-bond acceptors (Lipinski definition) is 3. The Balaban J connectivity index is 2.10. The molecule has 1 fully saturated rings. The molecule has 1 amide bonds. The predicted molar refractivity (Wildman–Crippen MR) is 72.2 cm³/mol. The Labute approximate surface area is 108 Å². The molecule has 0 bridgehead atoms. The molecule has 18 heavy (non-hydrogen) atoms. The molecule has 0 saturated carbocycles. The summed E-state index contributed by atoms with van der Waals surface area (Å²) in [4.78, 5) is 18.3. The summed E-state index contributed by atoms with van der Waals surface area (Å²) in [5, 5.41) is 0. The second-order valence-electron chi connectivity index (χ2n) is 5.16. The lowest BCUT2D eigenvalue weighted by Crippen LogP contribution is -2.32. The van der Waals surface area contributed by atoms with Crippen LogP contribution in [0.4, 0.5) is 5.69 Å². The van der Waals surface area contributed by atoms with Crippen molar-refractivity contribution in [1.82, 2.24) is 9.88 Å². The lowest BCUT2D eigenvalue weighted by Gasteiger charge is -2.26. The third-order valence-corrected chi connectivity index (χ3v) is 4.23. The fourth-order valence-corrected chi connectivity index (χ4v) is 2.63. The van der Waals surface area contributed by atoms with Crippen LogP contribution < -0.4 is 5.73 Å². The number of carbonyl (C=O) groups excluding carboxylic acids is 1. The van der Waals surface area contributed by atoms with Crippen LogP contribution in [0.5, 0.6) is 0 Å². The van der Waals surface area contributed by atoms with Crippen LogP contribution in [0, 0.1) is 5.41 Å². The van der Waals surface area contributed by atoms with Crippen LogP contribution in [0.3, 0.4) is 0 Å². The molecule has 0 aromatic carbocycles. The summed E-state index contributed by atoms with van der Waals surface area (Å²) >= 11 is 0. The quantitative estimate of drug-likeness (QED) is 0.891. The smallest absolute Gasteiger partial charge is 0.272 e. The normalized spacial score (nSPS) is 18.0. The molecule has 4 heteroatoms. The SMILES string of the molecule is CCC1(CC)CCN(C(=O)c2ccc(N)cn2)C1. The summed E-state index contributed by atoms with van der Waals surface area (Å²) < 4.78 is 0. The zero-order valence-corrected chi connectivity index (χ0v) is 11.1. The van der Waals surface area contributed by atoms with Gasteiger partial charge in [0.1, 0.15) is 5.69 Å². The number of nitrogens with two attached hydrogens (primary N) is 1. The highest BCUT2D eigenvalue weighted by Crippen LogP contribution is 2.37. The minimum atomic E-state index is 0.0266. The summed E-state index contributed by atoms with van der Waals surface area (Å²) in [6.07, 6.45) is 4.89. The number of nitrogen functional groups attached to an aromatic ring is 1. The van der Waals surface area contributed by atoms with Gasteiger partial charge in [-0.15, -0.1) is 0 Å². The monoisotopic (exact) mass is 247 g/mol. The maximum Gasteiger partial charge on any atom is 0.272 e. The predicted octanol–water partition coefficient (Wildman–Crippen LogP) is 2.32. The molecule has 0 spiro atoms. The first-order chi connectivity index (χ1) is 8.60. The van der Waals surface area contributed by atoms with Gasteiger partial charge in [-0.3, -0.25) is 4.79 Å². The van der Waals surface area contributed by atoms with Crippen molar-refractivity contribution in [3.05, 3.63) is 24.0 Å². The Kier molecular flexibility index (Phi) is 3.55. The van der Waals surface area contributed by atoms with Gasteiger partial charge in [0.25, 0.3) is 5.91 Å². The van der Waals surface area contributed by atoms with Crippen LogP contribution in [0.25, 0.3) is 0 Å². The average Bonchev–Trinajstić information content (AvgIpc) is 2.84. The van der Waals surface area contributed by atoms with E-state index in [1.807, 2.05) is 4.90 Å². The second-order valence-corrected chi connectivity index (χ2v) is 5.16. The molecule has 0 radical (unpaired) electrons. The van der Waals surface area contributed by atoms with Crippen molar-refractivity contribution < 1.29 is 4.79 Å². The van der Waals surface area contributed by atoms with E-state index in [1.165, 1.54) is 6.20 Å². The van der Waals surface area contributed by atoms with Crippen molar-refractivity contribution in [2.24, 2.45) is 5.41 Å². The highest BCUT2D eigenvalue weighted by atomic mass is 16.2. The van der Waals surface area contributed by atoms with E-state index in [1.54, 1.807) is 12.1 Å². The summed E-state index contributed by atoms with van der Waals surface area (Å²) in [5.74, 6) is 0.0266. The Bertz CT molecular complexity index is 423. The van der Waals surface area contributed by atoms with Gasteiger partial charge in [0, 0.05) is 13.1 Å². The zero-order chi connectivity index (χ0) is 13.2. The van der Waals surface area contributed by atoms with E-state index in [4.69, 9.17) is 5.73 Å². The van der Waals surface area contributed by atoms with E-state index in [-0.39, 0.29) is 5.91 Å². The van der Waals surface area contributed by atoms with Gasteiger partial charge in [0.15, 0.2) is 0 Å². The van der Waals surface area contributed by atoms with Gasteiger partial charge >= 0.3 is 0 Å². The number of pyridine rings is 1. The van der Waals surface area contributed by atoms with Gasteiger partial charge in [-0.2, -0.15) is 0 Å². The minimum Gasteiger partial charge on any atom is -0.397 e. The van der Waals surface area contributed by atoms with Crippen LogP contribution in [0.1, 0.15) is 43.6 Å². The van der Waals surface area contributed by atoms with Crippen molar-refractivity contribution in [3.63, 3.8) is 0 Å². The maximum atomic E-state index is 12.3. The highest BCUT2D eigenvalue weighted by molar-refractivity contribution is 5.92. The third-order valence-electron chi connectivity index (χ3n) is 4.23. The molecule has 2 rings (SSSR count). The molecule has 1 aromatic rings. The lowest BCUT2D eigenvalue weighted by molar-refractivity contribution is 0.0764. The molecule has 4 nitrogen and oxygen atoms in total. The van der Waals surface area contributed by atoms with Crippen molar-refractivity contribution in [2.75, 3.05) is 18.8 Å². The van der Waals surface area contributed by atoms with E-state index in [9.17, 15) is 4.79 Å². The Morgan fingerprint density at radius 3 is 2.67 bits per heavy atom. The third kappa shape index (κ3) is 2.33. The van der Waals surface area contributed by atoms with Crippen LogP contribution in [-0.2, 0) is 0 Å². The first kappa shape index (κ1) is 12.9. The summed E-state index contributed by atoms with van der Waals surface area (Å²) in [6, 6.07) is 3.43. The van der Waals surface area contributed by atoms with Crippen LogP contribution >= 0.6 is 0 Å². The molecule has 1 aromatic heterocycles. The number of hydrogen-bond donors (Lipinski definition) is 1. The standard InChI is InChI=1S/C14H21N3O/c1-3-14(4-2)7-8-17(10-14)13(18)12-6-5-11(15)9-16-12/h5-6,9H,3-4,7-8,10,15H2,1-2H3. The first-order valence-electron chi connectivity index (χ1n) is 6.61. The van der Waals surface area contributed by atoms with E-state index < -0.39 is 0 Å². The second kappa shape index (κ2) is 4.96. The van der Waals surface area contributed by atoms with Crippen LogP contribution in [0.2, 0.25) is 0 Å². The summed E-state index contributed by atoms with van der Waals surface area (Å²) in [5.41, 5.74) is 6.97. The van der Waals surface area contributed by atoms with Gasteiger partial charge in [0.05, 0.1) is 11.9 Å². The summed E-state index contributed by atoms with van der Waals surface area (Å²) in [6.45, 7) is 6.11. The number of nitrogens with zero attached hydrogens (tertiary/aromatic N) is 2. The van der Waals surface area contributed by atoms with Crippen LogP contribution in [0.15, 0.2) is 18.3 Å². The zero-order valence-electron chi connectivity index (χ0n) is 11.1. The van der Waals surface area contributed by atoms with E-state index in [0.717, 1.165) is 32.4 Å². The van der Waals surface area contributed by atoms with Gasteiger partial charge in [0.2, 0.25) is 0 Å². The topological polar surface area (TPSA) is 59.2 Å². The van der Waals surface area contributed by atoms with Gasteiger partial charge < -0.3 is 10.6 Å².